The Kier molecular flexibility index (Phi) is 5.47. The maximum Gasteiger partial charge on any atom is 0.226 e. The van der Waals surface area contributed by atoms with Gasteiger partial charge < -0.3 is 10.1 Å². The number of ether oxygens (including phenoxy) is 1. The Morgan fingerprint density at radius 2 is 2.15 bits per heavy atom. The summed E-state index contributed by atoms with van der Waals surface area (Å²) < 4.78 is 5.77. The summed E-state index contributed by atoms with van der Waals surface area (Å²) in [7, 11) is 0. The maximum absolute atomic E-state index is 11.7. The van der Waals surface area contributed by atoms with E-state index in [-0.39, 0.29) is 5.91 Å². The first-order valence-electron chi connectivity index (χ1n) is 6.83. The molecular weight excluding hydrogens is 272 g/mol. The van der Waals surface area contributed by atoms with Crippen LogP contribution in [0, 0.1) is 13.8 Å². The number of aliphatic imine (C=N–C) groups is 1. The van der Waals surface area contributed by atoms with E-state index in [1.807, 2.05) is 32.0 Å². The van der Waals surface area contributed by atoms with Gasteiger partial charge >= 0.3 is 0 Å². The molecule has 20 heavy (non-hydrogen) atoms. The van der Waals surface area contributed by atoms with E-state index in [4.69, 9.17) is 4.74 Å². The highest BCUT2D eigenvalue weighted by Gasteiger charge is 2.10. The summed E-state index contributed by atoms with van der Waals surface area (Å²) in [6, 6.07) is 6.08. The van der Waals surface area contributed by atoms with Crippen molar-refractivity contribution in [3.8, 4) is 5.75 Å². The monoisotopic (exact) mass is 292 g/mol. The number of benzene rings is 1. The van der Waals surface area contributed by atoms with Crippen LogP contribution in [0.5, 0.6) is 5.75 Å². The van der Waals surface area contributed by atoms with Crippen LogP contribution in [-0.4, -0.2) is 30.0 Å². The van der Waals surface area contributed by atoms with Gasteiger partial charge in [-0.2, -0.15) is 0 Å². The van der Waals surface area contributed by atoms with Crippen LogP contribution in [0.25, 0.3) is 0 Å². The lowest BCUT2D eigenvalue weighted by Crippen LogP contribution is -2.27. The summed E-state index contributed by atoms with van der Waals surface area (Å²) in [5.74, 6) is 1.91. The van der Waals surface area contributed by atoms with E-state index in [0.29, 0.717) is 19.4 Å². The highest BCUT2D eigenvalue weighted by molar-refractivity contribution is 8.14. The van der Waals surface area contributed by atoms with Crippen molar-refractivity contribution in [2.45, 2.75) is 26.7 Å². The predicted molar refractivity (Wildman–Crippen MR) is 83.5 cm³/mol. The number of rotatable bonds is 5. The third-order valence-electron chi connectivity index (χ3n) is 3.04. The molecule has 0 unspecified atom stereocenters. The number of para-hydroxylation sites is 1. The van der Waals surface area contributed by atoms with Gasteiger partial charge in [-0.25, -0.2) is 0 Å². The Balaban J connectivity index is 1.69. The number of amides is 1. The van der Waals surface area contributed by atoms with Gasteiger partial charge in [0, 0.05) is 12.2 Å². The lowest BCUT2D eigenvalue weighted by atomic mass is 10.1. The van der Waals surface area contributed by atoms with Crippen molar-refractivity contribution in [2.24, 2.45) is 4.99 Å². The number of amidine groups is 1. The molecule has 2 rings (SSSR count). The Labute approximate surface area is 124 Å². The molecular formula is C15H20N2O2S. The van der Waals surface area contributed by atoms with Crippen molar-refractivity contribution in [2.75, 3.05) is 18.9 Å². The average Bonchev–Trinajstić information content (AvgIpc) is 2.90. The smallest absolute Gasteiger partial charge is 0.226 e. The van der Waals surface area contributed by atoms with Crippen molar-refractivity contribution < 1.29 is 9.53 Å². The second-order valence-corrected chi connectivity index (χ2v) is 5.84. The molecule has 4 nitrogen and oxygen atoms in total. The van der Waals surface area contributed by atoms with E-state index in [9.17, 15) is 4.79 Å². The molecule has 0 saturated heterocycles. The first-order chi connectivity index (χ1) is 9.66. The highest BCUT2D eigenvalue weighted by atomic mass is 32.2. The Morgan fingerprint density at radius 3 is 2.80 bits per heavy atom. The van der Waals surface area contributed by atoms with Gasteiger partial charge in [0.05, 0.1) is 13.2 Å². The van der Waals surface area contributed by atoms with Crippen molar-refractivity contribution in [1.29, 1.82) is 0 Å². The third kappa shape index (κ3) is 4.27. The number of hydrogen-bond acceptors (Lipinski definition) is 4. The average molecular weight is 292 g/mol. The first-order valence-corrected chi connectivity index (χ1v) is 7.81. The molecule has 0 fully saturated rings. The lowest BCUT2D eigenvalue weighted by Gasteiger charge is -2.11. The molecule has 0 spiro atoms. The minimum atomic E-state index is 0.0169. The predicted octanol–water partition coefficient (Wildman–Crippen LogP) is 2.68. The molecule has 5 heteroatoms. The van der Waals surface area contributed by atoms with E-state index in [1.165, 1.54) is 0 Å². The molecule has 1 heterocycles. The zero-order valence-corrected chi connectivity index (χ0v) is 12.8. The molecule has 1 aromatic rings. The molecule has 0 saturated carbocycles. The van der Waals surface area contributed by atoms with Crippen molar-refractivity contribution in [3.05, 3.63) is 29.3 Å². The molecule has 1 amide bonds. The number of carbonyl (C=O) groups is 1. The summed E-state index contributed by atoms with van der Waals surface area (Å²) in [5, 5.41) is 3.57. The van der Waals surface area contributed by atoms with Crippen LogP contribution in [0.15, 0.2) is 23.2 Å². The van der Waals surface area contributed by atoms with E-state index in [2.05, 4.69) is 10.3 Å². The van der Waals surface area contributed by atoms with Crippen LogP contribution in [0.3, 0.4) is 0 Å². The fourth-order valence-electron chi connectivity index (χ4n) is 2.03. The fraction of sp³-hybridized carbons (Fsp3) is 0.467. The van der Waals surface area contributed by atoms with Crippen LogP contribution in [0.1, 0.15) is 24.0 Å². The molecule has 0 bridgehead atoms. The van der Waals surface area contributed by atoms with Gasteiger partial charge in [-0.05, 0) is 31.4 Å². The summed E-state index contributed by atoms with van der Waals surface area (Å²) in [6.45, 7) is 5.42. The van der Waals surface area contributed by atoms with Gasteiger partial charge in [0.25, 0.3) is 0 Å². The number of nitrogens with one attached hydrogen (secondary N) is 1. The van der Waals surface area contributed by atoms with E-state index in [0.717, 1.165) is 34.3 Å². The van der Waals surface area contributed by atoms with Gasteiger partial charge in [0.15, 0.2) is 5.17 Å². The molecule has 1 aromatic carbocycles. The molecule has 1 aliphatic heterocycles. The van der Waals surface area contributed by atoms with Crippen LogP contribution in [0.4, 0.5) is 0 Å². The highest BCUT2D eigenvalue weighted by Crippen LogP contribution is 2.22. The maximum atomic E-state index is 11.7. The number of thioether (sulfide) groups is 1. The van der Waals surface area contributed by atoms with E-state index < -0.39 is 0 Å². The third-order valence-corrected chi connectivity index (χ3v) is 3.93. The van der Waals surface area contributed by atoms with Gasteiger partial charge in [0.2, 0.25) is 5.91 Å². The van der Waals surface area contributed by atoms with Crippen molar-refractivity contribution >= 4 is 22.8 Å². The van der Waals surface area contributed by atoms with Gasteiger partial charge in [-0.1, -0.05) is 30.0 Å². The number of nitrogens with zero attached hydrogens (tertiary/aromatic N) is 1. The Morgan fingerprint density at radius 1 is 1.40 bits per heavy atom. The normalized spacial score (nSPS) is 14.0. The standard InChI is InChI=1S/C15H20N2O2S/c1-11-5-3-6-12(2)14(11)19-9-4-7-13(18)17-15-16-8-10-20-15/h3,5-6H,4,7-10H2,1-2H3,(H,16,17,18). The number of aryl methyl sites for hydroxylation is 2. The quantitative estimate of drug-likeness (QED) is 0.849. The zero-order valence-electron chi connectivity index (χ0n) is 11.9. The van der Waals surface area contributed by atoms with Gasteiger partial charge in [-0.3, -0.25) is 9.79 Å². The molecule has 0 radical (unpaired) electrons. The molecule has 1 aliphatic rings. The summed E-state index contributed by atoms with van der Waals surface area (Å²) in [6.07, 6.45) is 1.17. The lowest BCUT2D eigenvalue weighted by molar-refractivity contribution is -0.119. The molecule has 0 atom stereocenters. The Bertz CT molecular complexity index is 494. The fourth-order valence-corrected chi connectivity index (χ4v) is 2.77. The minimum absolute atomic E-state index is 0.0169. The topological polar surface area (TPSA) is 50.7 Å². The van der Waals surface area contributed by atoms with Crippen LogP contribution < -0.4 is 10.1 Å². The second kappa shape index (κ2) is 7.33. The summed E-state index contributed by atoms with van der Waals surface area (Å²) >= 11 is 1.60. The van der Waals surface area contributed by atoms with E-state index in [1.54, 1.807) is 11.8 Å². The zero-order chi connectivity index (χ0) is 14.4. The molecule has 1 N–H and O–H groups in total. The van der Waals surface area contributed by atoms with Gasteiger partial charge in [-0.15, -0.1) is 0 Å². The number of carbonyl (C=O) groups excluding carboxylic acids is 1. The minimum Gasteiger partial charge on any atom is -0.493 e. The second-order valence-electron chi connectivity index (χ2n) is 4.76. The summed E-state index contributed by atoms with van der Waals surface area (Å²) in [5.41, 5.74) is 2.26. The van der Waals surface area contributed by atoms with Crippen LogP contribution >= 0.6 is 11.8 Å². The van der Waals surface area contributed by atoms with Crippen molar-refractivity contribution in [1.82, 2.24) is 5.32 Å². The summed E-state index contributed by atoms with van der Waals surface area (Å²) in [4.78, 5) is 15.9. The molecule has 0 aliphatic carbocycles. The Hall–Kier alpha value is -1.49. The van der Waals surface area contributed by atoms with E-state index >= 15 is 0 Å². The SMILES string of the molecule is Cc1cccc(C)c1OCCCC(=O)NC1=NCCS1. The number of hydrogen-bond donors (Lipinski definition) is 1. The largest absolute Gasteiger partial charge is 0.493 e. The molecule has 108 valence electrons. The first kappa shape index (κ1) is 14.9. The van der Waals surface area contributed by atoms with Crippen molar-refractivity contribution in [3.63, 3.8) is 0 Å². The molecule has 0 aromatic heterocycles. The van der Waals surface area contributed by atoms with Crippen LogP contribution in [-0.2, 0) is 4.79 Å². The van der Waals surface area contributed by atoms with Gasteiger partial charge in [0.1, 0.15) is 5.75 Å². The van der Waals surface area contributed by atoms with Crippen LogP contribution in [0.2, 0.25) is 0 Å².